The first-order chi connectivity index (χ1) is 64.3. The highest BCUT2D eigenvalue weighted by Crippen LogP contribution is 2.52. The zero-order chi connectivity index (χ0) is 98.3. The molecule has 0 aliphatic carbocycles. The van der Waals surface area contributed by atoms with E-state index in [1.54, 1.807) is 56.7 Å². The number of aromatic hydroxyl groups is 5. The van der Waals surface area contributed by atoms with Crippen molar-refractivity contribution >= 4 is 49.2 Å². The summed E-state index contributed by atoms with van der Waals surface area (Å²) in [6.45, 7) is 20.3. The molecule has 0 bridgehead atoms. The predicted octanol–water partition coefficient (Wildman–Crippen LogP) is 23.0. The van der Waals surface area contributed by atoms with Gasteiger partial charge in [0.15, 0.2) is 83.7 Å². The second-order valence-corrected chi connectivity index (χ2v) is 45.8. The van der Waals surface area contributed by atoms with Gasteiger partial charge in [0.2, 0.25) is 0 Å². The van der Waals surface area contributed by atoms with Gasteiger partial charge in [0.05, 0.1) is 123 Å². The highest BCUT2D eigenvalue weighted by Gasteiger charge is 2.52. The van der Waals surface area contributed by atoms with Crippen molar-refractivity contribution in [3.05, 3.63) is 280 Å². The number of hydrogen-bond acceptors (Lipinski definition) is 25. The molecule has 3 unspecified atom stereocenters. The lowest BCUT2D eigenvalue weighted by Gasteiger charge is -2.44. The van der Waals surface area contributed by atoms with Gasteiger partial charge in [-0.2, -0.15) is 10.1 Å². The highest BCUT2D eigenvalue weighted by atomic mass is 32.2. The van der Waals surface area contributed by atoms with Crippen molar-refractivity contribution in [2.75, 3.05) is 57.2 Å². The number of rotatable bonds is 25. The first kappa shape index (κ1) is 119. The Morgan fingerprint density at radius 3 is 0.993 bits per heavy atom. The van der Waals surface area contributed by atoms with Gasteiger partial charge in [0, 0.05) is 34.8 Å². The van der Waals surface area contributed by atoms with Crippen LogP contribution in [0, 0.1) is 0 Å². The summed E-state index contributed by atoms with van der Waals surface area (Å²) in [6.07, 6.45) is 12.1. The van der Waals surface area contributed by atoms with Crippen molar-refractivity contribution in [1.82, 2.24) is 26.1 Å². The second-order valence-electron chi connectivity index (χ2n) is 36.0. The molecule has 0 radical (unpaired) electrons. The number of phenols is 5. The van der Waals surface area contributed by atoms with Crippen molar-refractivity contribution in [2.24, 2.45) is 0 Å². The summed E-state index contributed by atoms with van der Waals surface area (Å²) in [6, 6.07) is 64.7. The van der Waals surface area contributed by atoms with E-state index in [-0.39, 0.29) is 137 Å². The van der Waals surface area contributed by atoms with Crippen LogP contribution in [0.3, 0.4) is 0 Å². The summed E-state index contributed by atoms with van der Waals surface area (Å²) in [7, 11) is -11.9. The Hall–Kier alpha value is -9.93. The molecule has 770 valence electrons. The fraction of sp³-hybridized carbons (Fsp3) is 0.455. The van der Waals surface area contributed by atoms with Gasteiger partial charge in [0.1, 0.15) is 11.5 Å². The monoisotopic (exact) mass is 2030 g/mol. The molecular weight excluding hydrogens is 1870 g/mol. The van der Waals surface area contributed by atoms with Gasteiger partial charge in [0.25, 0.3) is 0 Å². The molecule has 10 aromatic rings. The maximum atomic E-state index is 13.8. The molecule has 0 aromatic heterocycles. The number of fused-ring (bicyclic) bond motifs is 5. The minimum absolute atomic E-state index is 0. The van der Waals surface area contributed by atoms with Crippen LogP contribution in [0.4, 0.5) is 0 Å². The van der Waals surface area contributed by atoms with Crippen LogP contribution < -0.4 is 30.2 Å². The van der Waals surface area contributed by atoms with Gasteiger partial charge in [-0.1, -0.05) is 309 Å². The summed E-state index contributed by atoms with van der Waals surface area (Å²) in [5.41, 5.74) is 4.47. The standard InChI is InChI=1S/C24H33NO5S.C21H27NO5S.C21H27NO3S.C20H25NO4S.C19H23NO3S.5CH4/c1-6-8-14-24(7-2)17-31(26,27)22-16-21(29-4)20(28-3)15-19(22)23(25(24)30-5)18-12-10-9-11-13-18;1-3-5-11-21(4-2)14-28(26,27)19-13-18(24)17(23)12-16(19)20(22(21)25)15-9-7-6-8-10-15;1-3-12-21(13-4-2)15-26(24,25)19-14-17(23)10-11-18(19)20(22-21)16-8-6-5-7-9-16;1-4-20(5-2)13-26(23,24)18-12-16(22)17(25-3)11-15(18)19(21-20)14-9-7-6-8-10-14;1-3-19(4-2)13-24(22,23)17-12-15(21)10-11-16(17)18(20-19)14-8-6-5-7-9-14;;;;;/h9-13,15-16,23H,6-8,14,17H2,1-5H3;6-10,12-13,20,23-25H,3-5,11,14H2,1-2H3;5-11,14,20,22-23H,3-4,12-13,15H2,1-2H3;6-12,19,21-22H,4-5,13H2,1-3H3;5-12,18,20-21H,3-4,13H2,1-2H3;5*1H4/t23-,24-;20-,21-;;;;;;;;/m11......../s1. The van der Waals surface area contributed by atoms with Crippen molar-refractivity contribution in [3.8, 4) is 46.0 Å². The third kappa shape index (κ3) is 25.8. The van der Waals surface area contributed by atoms with Crippen molar-refractivity contribution < 1.29 is 91.9 Å². The number of benzene rings is 10. The molecule has 0 saturated heterocycles. The van der Waals surface area contributed by atoms with Crippen molar-refractivity contribution in [1.29, 1.82) is 0 Å². The molecule has 9 N–H and O–H groups in total. The summed E-state index contributed by atoms with van der Waals surface area (Å²) < 4.78 is 149. The van der Waals surface area contributed by atoms with Crippen LogP contribution in [-0.2, 0) is 54.0 Å². The van der Waals surface area contributed by atoms with Gasteiger partial charge in [-0.3, -0.25) is 16.0 Å². The first-order valence-corrected chi connectivity index (χ1v) is 55.0. The van der Waals surface area contributed by atoms with Crippen molar-refractivity contribution in [3.63, 3.8) is 0 Å². The number of methoxy groups -OCH3 is 3. The summed E-state index contributed by atoms with van der Waals surface area (Å²) in [5, 5.41) is 75.4. The van der Waals surface area contributed by atoms with E-state index in [4.69, 9.17) is 19.0 Å². The Bertz CT molecular complexity index is 6280. The van der Waals surface area contributed by atoms with Crippen LogP contribution >= 0.6 is 0 Å². The normalized spacial score (nSPS) is 21.5. The molecule has 5 aliphatic rings. The van der Waals surface area contributed by atoms with E-state index in [1.165, 1.54) is 38.5 Å². The van der Waals surface area contributed by atoms with E-state index in [0.29, 0.717) is 84.3 Å². The van der Waals surface area contributed by atoms with Crippen LogP contribution in [-0.4, -0.2) is 168 Å². The fourth-order valence-electron chi connectivity index (χ4n) is 20.0. The molecule has 5 aliphatic heterocycles. The van der Waals surface area contributed by atoms with E-state index >= 15 is 0 Å². The maximum Gasteiger partial charge on any atom is 0.180 e. The fourth-order valence-corrected chi connectivity index (χ4v) is 30.8. The van der Waals surface area contributed by atoms with Gasteiger partial charge >= 0.3 is 0 Å². The number of nitrogens with zero attached hydrogens (tertiary/aromatic N) is 2. The number of ether oxygens (including phenoxy) is 3. The lowest BCUT2D eigenvalue weighted by Crippen LogP contribution is -2.52. The molecule has 140 heavy (non-hydrogen) atoms. The molecule has 0 amide bonds. The minimum atomic E-state index is -3.81. The van der Waals surface area contributed by atoms with Gasteiger partial charge in [-0.25, -0.2) is 42.1 Å². The third-order valence-corrected chi connectivity index (χ3v) is 37.3. The second kappa shape index (κ2) is 50.3. The number of hydrogen-bond donors (Lipinski definition) is 9. The smallest absolute Gasteiger partial charge is 0.180 e. The summed E-state index contributed by atoms with van der Waals surface area (Å²) in [4.78, 5) is 6.88. The van der Waals surface area contributed by atoms with Gasteiger partial charge in [-0.05, 0) is 162 Å². The topological polar surface area (TPSA) is 372 Å². The van der Waals surface area contributed by atoms with Crippen molar-refractivity contribution in [2.45, 2.75) is 291 Å². The number of phenolic OH excluding ortho intramolecular Hbond substituents is 5. The molecule has 25 nitrogen and oxygen atoms in total. The van der Waals surface area contributed by atoms with Gasteiger partial charge < -0.3 is 49.8 Å². The predicted molar refractivity (Wildman–Crippen MR) is 562 cm³/mol. The maximum absolute atomic E-state index is 13.8. The Balaban J connectivity index is 0.000000266. The Morgan fingerprint density at radius 1 is 0.307 bits per heavy atom. The van der Waals surface area contributed by atoms with E-state index in [0.717, 1.165) is 91.2 Å². The van der Waals surface area contributed by atoms with Crippen LogP contribution in [0.1, 0.15) is 295 Å². The number of nitrogens with one attached hydrogen (secondary N) is 3. The average molecular weight is 2030 g/mol. The molecule has 30 heteroatoms. The molecule has 7 atom stereocenters. The van der Waals surface area contributed by atoms with Crippen LogP contribution in [0.2, 0.25) is 0 Å². The van der Waals surface area contributed by atoms with E-state index < -0.39 is 100 Å². The van der Waals surface area contributed by atoms with E-state index in [2.05, 4.69) is 36.7 Å². The van der Waals surface area contributed by atoms with Crippen LogP contribution in [0.25, 0.3) is 0 Å². The largest absolute Gasteiger partial charge is 0.508 e. The quantitative estimate of drug-likeness (QED) is 0.0240. The third-order valence-electron chi connectivity index (χ3n) is 27.5. The van der Waals surface area contributed by atoms with Gasteiger partial charge in [-0.15, -0.1) is 0 Å². The lowest BCUT2D eigenvalue weighted by atomic mass is 9.87. The number of unbranched alkanes of at least 4 members (excludes halogenated alkanes) is 2. The summed E-state index contributed by atoms with van der Waals surface area (Å²) >= 11 is 0. The molecule has 15 rings (SSSR count). The SMILES string of the molecule is C.C.C.C.C.CCC1(CC)CS(=O)(=O)c2cc(O)c(OC)cc2C(c2ccccc2)N1.CCC1(CC)CS(=O)(=O)c2cc(O)ccc2C(c2ccccc2)N1.CCCC1(CCC)CS(=O)(=O)c2cc(O)ccc2C(c2ccccc2)N1.CCCC[C@]1(CC)CS(=O)(=O)c2cc(O)c(O)cc2[C@@H](c2ccccc2)N1O.CCCC[C@]1(CC)CS(=O)(=O)c2cc(OC)c(OC)cc2[C@@H](c2ccccc2)N1OC. The van der Waals surface area contributed by atoms with Crippen LogP contribution in [0.15, 0.2) is 249 Å². The highest BCUT2D eigenvalue weighted by molar-refractivity contribution is 7.92. The van der Waals surface area contributed by atoms with E-state index in [1.807, 2.05) is 205 Å². The molecular formula is C110H155N5O20S5. The zero-order valence-corrected chi connectivity index (χ0v) is 84.0. The molecule has 0 fully saturated rings. The minimum Gasteiger partial charge on any atom is -0.508 e. The zero-order valence-electron chi connectivity index (χ0n) is 79.9. The number of sulfone groups is 5. The Morgan fingerprint density at radius 2 is 0.614 bits per heavy atom. The molecule has 5 heterocycles. The van der Waals surface area contributed by atoms with E-state index in [9.17, 15) is 72.8 Å². The Kier molecular flexibility index (Phi) is 42.7. The lowest BCUT2D eigenvalue weighted by molar-refractivity contribution is -0.220. The summed E-state index contributed by atoms with van der Waals surface area (Å²) in [5.74, 6) is -0.139. The Labute approximate surface area is 836 Å². The first-order valence-electron chi connectivity index (χ1n) is 46.7. The molecule has 0 saturated carbocycles. The molecule has 10 aromatic carbocycles. The number of hydroxylamine groups is 4. The van der Waals surface area contributed by atoms with Crippen LogP contribution in [0.5, 0.6) is 46.0 Å². The molecule has 0 spiro atoms. The average Bonchev–Trinajstić information content (AvgIpc) is 1.56.